The minimum Gasteiger partial charge on any atom is -0.376 e. The van der Waals surface area contributed by atoms with E-state index >= 15 is 0 Å². The van der Waals surface area contributed by atoms with Crippen LogP contribution in [0.2, 0.25) is 0 Å². The van der Waals surface area contributed by atoms with E-state index in [9.17, 15) is 4.79 Å². The van der Waals surface area contributed by atoms with Crippen molar-refractivity contribution in [2.24, 2.45) is 0 Å². The number of carbonyl (C=O) groups is 1. The van der Waals surface area contributed by atoms with Gasteiger partial charge in [0, 0.05) is 25.4 Å². The highest BCUT2D eigenvalue weighted by atomic mass is 16.5. The molecule has 1 amide bonds. The van der Waals surface area contributed by atoms with Crippen molar-refractivity contribution >= 4 is 5.91 Å². The molecule has 1 unspecified atom stereocenters. The Bertz CT molecular complexity index is 615. The first kappa shape index (κ1) is 14.9. The normalized spacial score (nSPS) is 17.6. The number of nitrogens with zero attached hydrogens (tertiary/aromatic N) is 1. The van der Waals surface area contributed by atoms with Crippen molar-refractivity contribution in [3.63, 3.8) is 0 Å². The summed E-state index contributed by atoms with van der Waals surface area (Å²) < 4.78 is 5.64. The molecular weight excluding hydrogens is 276 g/mol. The molecule has 116 valence electrons. The number of ether oxygens (including phenoxy) is 1. The van der Waals surface area contributed by atoms with Gasteiger partial charge < -0.3 is 14.6 Å². The zero-order chi connectivity index (χ0) is 15.4. The predicted octanol–water partition coefficient (Wildman–Crippen LogP) is 3.32. The van der Waals surface area contributed by atoms with Gasteiger partial charge in [0.15, 0.2) is 0 Å². The zero-order valence-electron chi connectivity index (χ0n) is 12.9. The maximum Gasteiger partial charge on any atom is 0.270 e. The summed E-state index contributed by atoms with van der Waals surface area (Å²) in [5, 5.41) is 0. The van der Waals surface area contributed by atoms with Crippen molar-refractivity contribution in [2.45, 2.75) is 25.9 Å². The Kier molecular flexibility index (Phi) is 4.59. The van der Waals surface area contributed by atoms with Gasteiger partial charge in [-0.05, 0) is 37.5 Å². The lowest BCUT2D eigenvalue weighted by Gasteiger charge is -2.23. The summed E-state index contributed by atoms with van der Waals surface area (Å²) in [6.45, 7) is 4.19. The smallest absolute Gasteiger partial charge is 0.270 e. The number of hydrogen-bond donors (Lipinski definition) is 1. The maximum atomic E-state index is 12.6. The fourth-order valence-corrected chi connectivity index (χ4v) is 2.87. The Hall–Kier alpha value is -2.07. The molecule has 1 aliphatic heterocycles. The highest BCUT2D eigenvalue weighted by Gasteiger charge is 2.23. The number of rotatable bonds is 5. The van der Waals surface area contributed by atoms with E-state index < -0.39 is 0 Å². The molecule has 1 N–H and O–H groups in total. The monoisotopic (exact) mass is 298 g/mol. The third kappa shape index (κ3) is 3.22. The number of nitrogens with one attached hydrogen (secondary N) is 1. The number of benzene rings is 1. The van der Waals surface area contributed by atoms with Gasteiger partial charge in [0.1, 0.15) is 5.69 Å². The van der Waals surface area contributed by atoms with E-state index in [1.165, 1.54) is 0 Å². The standard InChI is InChI=1S/C18H22N2O2/c1-2-20(13-15-9-6-12-22-15)18(21)17-11-10-16(19-17)14-7-4-3-5-8-14/h3-5,7-8,10-11,15,19H,2,6,9,12-13H2,1H3. The summed E-state index contributed by atoms with van der Waals surface area (Å²) >= 11 is 0. The van der Waals surface area contributed by atoms with E-state index in [0.717, 1.165) is 30.7 Å². The van der Waals surface area contributed by atoms with Gasteiger partial charge in [0.2, 0.25) is 0 Å². The molecule has 4 heteroatoms. The van der Waals surface area contributed by atoms with Crippen molar-refractivity contribution in [2.75, 3.05) is 19.7 Å². The number of aromatic nitrogens is 1. The molecular formula is C18H22N2O2. The van der Waals surface area contributed by atoms with Gasteiger partial charge in [0.25, 0.3) is 5.91 Å². The van der Waals surface area contributed by atoms with Crippen LogP contribution < -0.4 is 0 Å². The largest absolute Gasteiger partial charge is 0.376 e. The van der Waals surface area contributed by atoms with Gasteiger partial charge in [-0.3, -0.25) is 4.79 Å². The van der Waals surface area contributed by atoms with Gasteiger partial charge in [-0.2, -0.15) is 0 Å². The highest BCUT2D eigenvalue weighted by Crippen LogP contribution is 2.19. The first-order valence-electron chi connectivity index (χ1n) is 7.93. The number of hydrogen-bond acceptors (Lipinski definition) is 2. The van der Waals surface area contributed by atoms with Gasteiger partial charge in [-0.25, -0.2) is 0 Å². The Balaban J connectivity index is 1.72. The molecule has 1 aliphatic rings. The van der Waals surface area contributed by atoms with E-state index in [1.54, 1.807) is 0 Å². The van der Waals surface area contributed by atoms with E-state index in [-0.39, 0.29) is 12.0 Å². The average Bonchev–Trinajstić information content (AvgIpc) is 3.24. The van der Waals surface area contributed by atoms with Crippen molar-refractivity contribution < 1.29 is 9.53 Å². The van der Waals surface area contributed by atoms with E-state index in [4.69, 9.17) is 4.74 Å². The molecule has 2 heterocycles. The lowest BCUT2D eigenvalue weighted by molar-refractivity contribution is 0.0535. The van der Waals surface area contributed by atoms with Crippen molar-refractivity contribution in [3.05, 3.63) is 48.2 Å². The molecule has 0 spiro atoms. The van der Waals surface area contributed by atoms with Crippen LogP contribution in [0.3, 0.4) is 0 Å². The SMILES string of the molecule is CCN(CC1CCCO1)C(=O)c1ccc(-c2ccccc2)[nH]1. The third-order valence-electron chi connectivity index (χ3n) is 4.12. The van der Waals surface area contributed by atoms with Gasteiger partial charge in [-0.1, -0.05) is 30.3 Å². The average molecular weight is 298 g/mol. The van der Waals surface area contributed by atoms with E-state index in [1.807, 2.05) is 54.3 Å². The van der Waals surface area contributed by atoms with Crippen molar-refractivity contribution in [1.29, 1.82) is 0 Å². The van der Waals surface area contributed by atoms with Crippen molar-refractivity contribution in [1.82, 2.24) is 9.88 Å². The van der Waals surface area contributed by atoms with Crippen molar-refractivity contribution in [3.8, 4) is 11.3 Å². The molecule has 2 aromatic rings. The second-order valence-electron chi connectivity index (χ2n) is 5.63. The Morgan fingerprint density at radius 2 is 2.09 bits per heavy atom. The fourth-order valence-electron chi connectivity index (χ4n) is 2.87. The molecule has 3 rings (SSSR count). The van der Waals surface area contributed by atoms with Gasteiger partial charge >= 0.3 is 0 Å². The maximum absolute atomic E-state index is 12.6. The number of likely N-dealkylation sites (N-methyl/N-ethyl adjacent to an activating group) is 1. The minimum atomic E-state index is 0.0418. The summed E-state index contributed by atoms with van der Waals surface area (Å²) in [6, 6.07) is 13.9. The van der Waals surface area contributed by atoms with Crippen LogP contribution in [-0.2, 0) is 4.74 Å². The van der Waals surface area contributed by atoms with Crippen LogP contribution in [-0.4, -0.2) is 41.6 Å². The van der Waals surface area contributed by atoms with Crippen LogP contribution in [0.25, 0.3) is 11.3 Å². The lowest BCUT2D eigenvalue weighted by Crippen LogP contribution is -2.37. The first-order chi connectivity index (χ1) is 10.8. The summed E-state index contributed by atoms with van der Waals surface area (Å²) in [7, 11) is 0. The Morgan fingerprint density at radius 3 is 2.77 bits per heavy atom. The van der Waals surface area contributed by atoms with Gasteiger partial charge in [0.05, 0.1) is 6.10 Å². The Labute approximate surface area is 131 Å². The Morgan fingerprint density at radius 1 is 1.27 bits per heavy atom. The second-order valence-corrected chi connectivity index (χ2v) is 5.63. The third-order valence-corrected chi connectivity index (χ3v) is 4.12. The predicted molar refractivity (Wildman–Crippen MR) is 86.8 cm³/mol. The van der Waals surface area contributed by atoms with Gasteiger partial charge in [-0.15, -0.1) is 0 Å². The topological polar surface area (TPSA) is 45.3 Å². The molecule has 1 aromatic carbocycles. The fraction of sp³-hybridized carbons (Fsp3) is 0.389. The molecule has 22 heavy (non-hydrogen) atoms. The number of H-pyrrole nitrogens is 1. The molecule has 1 atom stereocenters. The molecule has 1 aromatic heterocycles. The summed E-state index contributed by atoms with van der Waals surface area (Å²) in [5.74, 6) is 0.0418. The molecule has 0 saturated carbocycles. The summed E-state index contributed by atoms with van der Waals surface area (Å²) in [6.07, 6.45) is 2.33. The van der Waals surface area contributed by atoms with Crippen LogP contribution in [0.1, 0.15) is 30.3 Å². The molecule has 0 radical (unpaired) electrons. The van der Waals surface area contributed by atoms with E-state index in [0.29, 0.717) is 18.8 Å². The first-order valence-corrected chi connectivity index (χ1v) is 7.93. The van der Waals surface area contributed by atoms with Crippen LogP contribution in [0, 0.1) is 0 Å². The summed E-state index contributed by atoms with van der Waals surface area (Å²) in [5.41, 5.74) is 2.69. The zero-order valence-corrected chi connectivity index (χ0v) is 12.9. The van der Waals surface area contributed by atoms with Crippen LogP contribution >= 0.6 is 0 Å². The van der Waals surface area contributed by atoms with Crippen LogP contribution in [0.4, 0.5) is 0 Å². The lowest BCUT2D eigenvalue weighted by atomic mass is 10.2. The second kappa shape index (κ2) is 6.79. The molecule has 1 saturated heterocycles. The molecule has 0 aliphatic carbocycles. The van der Waals surface area contributed by atoms with E-state index in [2.05, 4.69) is 4.98 Å². The number of amides is 1. The number of aromatic amines is 1. The van der Waals surface area contributed by atoms with Crippen LogP contribution in [0.15, 0.2) is 42.5 Å². The molecule has 4 nitrogen and oxygen atoms in total. The number of carbonyl (C=O) groups excluding carboxylic acids is 1. The molecule has 1 fully saturated rings. The minimum absolute atomic E-state index is 0.0418. The highest BCUT2D eigenvalue weighted by molar-refractivity contribution is 5.93. The summed E-state index contributed by atoms with van der Waals surface area (Å²) in [4.78, 5) is 17.7. The quantitative estimate of drug-likeness (QED) is 0.920. The molecule has 0 bridgehead atoms. The van der Waals surface area contributed by atoms with Crippen LogP contribution in [0.5, 0.6) is 0 Å².